The zero-order chi connectivity index (χ0) is 27.4. The average Bonchev–Trinajstić information content (AvgIpc) is 3.39. The summed E-state index contributed by atoms with van der Waals surface area (Å²) in [5.41, 5.74) is 0.177. The Kier molecular flexibility index (Phi) is 9.07. The molecule has 2 aromatic rings. The Labute approximate surface area is 223 Å². The average molecular weight is 535 g/mol. The second-order valence-electron chi connectivity index (χ2n) is 11.4. The van der Waals surface area contributed by atoms with Crippen LogP contribution < -0.4 is 16.0 Å². The first-order valence-corrected chi connectivity index (χ1v) is 13.1. The van der Waals surface area contributed by atoms with E-state index in [1.165, 1.54) is 0 Å². The molecule has 0 saturated heterocycles. The van der Waals surface area contributed by atoms with Crippen LogP contribution in [0, 0.1) is 0 Å². The van der Waals surface area contributed by atoms with Crippen LogP contribution in [0.2, 0.25) is 5.02 Å². The van der Waals surface area contributed by atoms with Gasteiger partial charge >= 0.3 is 6.09 Å². The zero-order valence-corrected chi connectivity index (χ0v) is 23.3. The summed E-state index contributed by atoms with van der Waals surface area (Å²) in [4.78, 5) is 28.9. The minimum Gasteiger partial charge on any atom is -0.444 e. The van der Waals surface area contributed by atoms with Gasteiger partial charge in [0.25, 0.3) is 5.91 Å². The summed E-state index contributed by atoms with van der Waals surface area (Å²) in [5.74, 6) is 1.02. The summed E-state index contributed by atoms with van der Waals surface area (Å²) in [6.07, 6.45) is 2.13. The van der Waals surface area contributed by atoms with Crippen molar-refractivity contribution in [3.05, 3.63) is 34.6 Å². The third-order valence-electron chi connectivity index (χ3n) is 5.81. The van der Waals surface area contributed by atoms with E-state index in [4.69, 9.17) is 21.4 Å². The topological polar surface area (TPSA) is 130 Å². The van der Waals surface area contributed by atoms with Crippen LogP contribution in [0.1, 0.15) is 89.3 Å². The first-order chi connectivity index (χ1) is 17.2. The third kappa shape index (κ3) is 8.33. The highest BCUT2D eigenvalue weighted by Gasteiger charge is 2.29. The van der Waals surface area contributed by atoms with Gasteiger partial charge in [0.2, 0.25) is 0 Å². The Bertz CT molecular complexity index is 1110. The number of pyridine rings is 1. The largest absolute Gasteiger partial charge is 0.444 e. The second-order valence-corrected chi connectivity index (χ2v) is 11.8. The second kappa shape index (κ2) is 11.7. The fraction of sp³-hybridized carbons (Fsp3) is 0.615. The zero-order valence-electron chi connectivity index (χ0n) is 22.5. The molecule has 204 valence electrons. The monoisotopic (exact) mass is 534 g/mol. The summed E-state index contributed by atoms with van der Waals surface area (Å²) in [6, 6.07) is 5.33. The van der Waals surface area contributed by atoms with Crippen molar-refractivity contribution in [3.8, 4) is 0 Å². The molecular weight excluding hydrogens is 496 g/mol. The molecule has 0 bridgehead atoms. The molecule has 1 aliphatic carbocycles. The van der Waals surface area contributed by atoms with Crippen molar-refractivity contribution in [3.63, 3.8) is 0 Å². The molecule has 0 aliphatic heterocycles. The molecule has 0 spiro atoms. The van der Waals surface area contributed by atoms with Gasteiger partial charge in [0.1, 0.15) is 22.9 Å². The molecule has 3 rings (SSSR count). The molecule has 4 N–H and O–H groups in total. The molecule has 2 atom stereocenters. The van der Waals surface area contributed by atoms with Gasteiger partial charge in [0.15, 0.2) is 0 Å². The molecule has 10 nitrogen and oxygen atoms in total. The van der Waals surface area contributed by atoms with Gasteiger partial charge in [-0.3, -0.25) is 4.79 Å². The Morgan fingerprint density at radius 3 is 2.46 bits per heavy atom. The minimum absolute atomic E-state index is 0.104. The van der Waals surface area contributed by atoms with Crippen molar-refractivity contribution in [1.82, 2.24) is 25.4 Å². The van der Waals surface area contributed by atoms with Crippen LogP contribution in [0.25, 0.3) is 0 Å². The number of nitrogens with one attached hydrogen (secondary N) is 3. The lowest BCUT2D eigenvalue weighted by Crippen LogP contribution is -2.34. The quantitative estimate of drug-likeness (QED) is 0.361. The van der Waals surface area contributed by atoms with Gasteiger partial charge in [0.05, 0.1) is 22.4 Å². The molecule has 0 radical (unpaired) electrons. The van der Waals surface area contributed by atoms with Crippen LogP contribution >= 0.6 is 11.6 Å². The van der Waals surface area contributed by atoms with Gasteiger partial charge in [-0.15, -0.1) is 0 Å². The predicted octanol–water partition coefficient (Wildman–Crippen LogP) is 4.70. The SMILES string of the molecule is CC(C)(C)OC(=O)NCCCNC(=O)c1nc(Nc2cc([C@H]3CC[C@@H](O)C3)nn2C(C)(C)C)ccc1Cl. The van der Waals surface area contributed by atoms with Gasteiger partial charge in [-0.2, -0.15) is 5.10 Å². The number of ether oxygens (including phenoxy) is 1. The van der Waals surface area contributed by atoms with Crippen LogP contribution in [-0.4, -0.2) is 56.7 Å². The molecule has 1 aliphatic rings. The molecule has 11 heteroatoms. The number of aromatic nitrogens is 3. The summed E-state index contributed by atoms with van der Waals surface area (Å²) in [6.45, 7) is 12.3. The lowest BCUT2D eigenvalue weighted by Gasteiger charge is -2.22. The van der Waals surface area contributed by atoms with Crippen molar-refractivity contribution in [1.29, 1.82) is 0 Å². The smallest absolute Gasteiger partial charge is 0.407 e. The number of anilines is 2. The standard InChI is InChI=1S/C26H39ClN6O4/c1-25(2,3)33-21(15-19(32-33)16-8-9-17(34)14-16)30-20-11-10-18(27)22(31-20)23(35)28-12-7-13-29-24(36)37-26(4,5)6/h10-11,15-17,34H,7-9,12-14H2,1-6H3,(H,28,35)(H,29,36)(H,30,31)/t16-,17+/m0/s1. The van der Waals surface area contributed by atoms with Crippen LogP contribution in [-0.2, 0) is 10.3 Å². The normalized spacial score (nSPS) is 17.9. The summed E-state index contributed by atoms with van der Waals surface area (Å²) < 4.78 is 7.09. The number of carbonyl (C=O) groups excluding carboxylic acids is 2. The van der Waals surface area contributed by atoms with Crippen molar-refractivity contribution in [2.75, 3.05) is 18.4 Å². The van der Waals surface area contributed by atoms with E-state index in [1.807, 2.05) is 10.7 Å². The number of carbonyl (C=O) groups is 2. The van der Waals surface area contributed by atoms with Crippen molar-refractivity contribution < 1.29 is 19.4 Å². The first-order valence-electron chi connectivity index (χ1n) is 12.7. The Morgan fingerprint density at radius 1 is 1.14 bits per heavy atom. The van der Waals surface area contributed by atoms with E-state index in [-0.39, 0.29) is 28.3 Å². The lowest BCUT2D eigenvalue weighted by molar-refractivity contribution is 0.0527. The fourth-order valence-electron chi connectivity index (χ4n) is 4.11. The number of alkyl carbamates (subject to hydrolysis) is 1. The number of hydrogen-bond donors (Lipinski definition) is 4. The van der Waals surface area contributed by atoms with Crippen molar-refractivity contribution in [2.45, 2.75) is 90.4 Å². The highest BCUT2D eigenvalue weighted by molar-refractivity contribution is 6.33. The molecule has 2 aromatic heterocycles. The molecular formula is C26H39ClN6O4. The molecule has 37 heavy (non-hydrogen) atoms. The minimum atomic E-state index is -0.565. The van der Waals surface area contributed by atoms with E-state index in [0.29, 0.717) is 31.7 Å². The molecule has 0 unspecified atom stereocenters. The Hall–Kier alpha value is -2.85. The maximum Gasteiger partial charge on any atom is 0.407 e. The van der Waals surface area contributed by atoms with Crippen LogP contribution in [0.5, 0.6) is 0 Å². The Morgan fingerprint density at radius 2 is 1.84 bits per heavy atom. The molecule has 2 heterocycles. The molecule has 2 amide bonds. The number of nitrogens with zero attached hydrogens (tertiary/aromatic N) is 3. The number of amides is 2. The highest BCUT2D eigenvalue weighted by atomic mass is 35.5. The van der Waals surface area contributed by atoms with E-state index in [2.05, 4.69) is 41.7 Å². The summed E-state index contributed by atoms with van der Waals surface area (Å²) in [7, 11) is 0. The number of hydrogen-bond acceptors (Lipinski definition) is 7. The number of halogens is 1. The van der Waals surface area contributed by atoms with Gasteiger partial charge in [-0.25, -0.2) is 14.5 Å². The van der Waals surface area contributed by atoms with E-state index in [1.54, 1.807) is 32.9 Å². The molecule has 1 fully saturated rings. The van der Waals surface area contributed by atoms with E-state index < -0.39 is 17.6 Å². The number of rotatable bonds is 8. The predicted molar refractivity (Wildman–Crippen MR) is 144 cm³/mol. The maximum atomic E-state index is 12.8. The number of aliphatic hydroxyl groups is 1. The summed E-state index contributed by atoms with van der Waals surface area (Å²) in [5, 5.41) is 23.8. The number of aliphatic hydroxyl groups excluding tert-OH is 1. The Balaban J connectivity index is 1.63. The summed E-state index contributed by atoms with van der Waals surface area (Å²) >= 11 is 6.28. The lowest BCUT2D eigenvalue weighted by atomic mass is 10.0. The van der Waals surface area contributed by atoms with Gasteiger partial charge in [-0.05, 0) is 79.4 Å². The first kappa shape index (κ1) is 28.7. The van der Waals surface area contributed by atoms with Gasteiger partial charge in [0, 0.05) is 25.1 Å². The van der Waals surface area contributed by atoms with Gasteiger partial charge < -0.3 is 25.8 Å². The molecule has 0 aromatic carbocycles. The third-order valence-corrected chi connectivity index (χ3v) is 6.12. The van der Waals surface area contributed by atoms with Gasteiger partial charge in [-0.1, -0.05) is 11.6 Å². The fourth-order valence-corrected chi connectivity index (χ4v) is 4.30. The van der Waals surface area contributed by atoms with E-state index >= 15 is 0 Å². The highest BCUT2D eigenvalue weighted by Crippen LogP contribution is 2.36. The van der Waals surface area contributed by atoms with Crippen LogP contribution in [0.3, 0.4) is 0 Å². The maximum absolute atomic E-state index is 12.8. The van der Waals surface area contributed by atoms with Crippen LogP contribution in [0.15, 0.2) is 18.2 Å². The molecule has 1 saturated carbocycles. The van der Waals surface area contributed by atoms with E-state index in [0.717, 1.165) is 24.4 Å². The van der Waals surface area contributed by atoms with E-state index in [9.17, 15) is 14.7 Å². The van der Waals surface area contributed by atoms with Crippen LogP contribution in [0.4, 0.5) is 16.4 Å². The van der Waals surface area contributed by atoms with Crippen molar-refractivity contribution in [2.24, 2.45) is 0 Å². The van der Waals surface area contributed by atoms with Crippen molar-refractivity contribution >= 4 is 35.2 Å².